The summed E-state index contributed by atoms with van der Waals surface area (Å²) in [5.74, 6) is 0.184. The zero-order chi connectivity index (χ0) is 15.8. The Labute approximate surface area is 129 Å². The van der Waals surface area contributed by atoms with Crippen LogP contribution in [-0.2, 0) is 11.3 Å². The molecule has 22 heavy (non-hydrogen) atoms. The number of hydrogen-bond acceptors (Lipinski definition) is 3. The molecule has 0 aliphatic rings. The van der Waals surface area contributed by atoms with E-state index in [4.69, 9.17) is 4.74 Å². The van der Waals surface area contributed by atoms with Gasteiger partial charge in [0.2, 0.25) is 0 Å². The number of ether oxygens (including phenoxy) is 1. The van der Waals surface area contributed by atoms with Crippen LogP contribution in [0.4, 0.5) is 4.79 Å². The molecule has 5 nitrogen and oxygen atoms in total. The van der Waals surface area contributed by atoms with Gasteiger partial charge in [-0.05, 0) is 17.7 Å². The quantitative estimate of drug-likeness (QED) is 0.922. The van der Waals surface area contributed by atoms with E-state index in [1.165, 1.54) is 7.05 Å². The van der Waals surface area contributed by atoms with Crippen molar-refractivity contribution in [2.24, 2.45) is 0 Å². The predicted molar refractivity (Wildman–Crippen MR) is 83.4 cm³/mol. The molecule has 0 unspecified atom stereocenters. The van der Waals surface area contributed by atoms with Gasteiger partial charge in [-0.3, -0.25) is 9.69 Å². The zero-order valence-electron chi connectivity index (χ0n) is 12.4. The molecule has 0 saturated carbocycles. The topological polar surface area (TPSA) is 58.6 Å². The largest absolute Gasteiger partial charge is 0.484 e. The van der Waals surface area contributed by atoms with Gasteiger partial charge in [0.05, 0.1) is 0 Å². The third kappa shape index (κ3) is 4.63. The van der Waals surface area contributed by atoms with Gasteiger partial charge in [-0.2, -0.15) is 0 Å². The van der Waals surface area contributed by atoms with Gasteiger partial charge >= 0.3 is 6.03 Å². The Bertz CT molecular complexity index is 559. The first-order chi connectivity index (χ1) is 10.7. The van der Waals surface area contributed by atoms with E-state index in [1.807, 2.05) is 48.5 Å². The molecule has 0 atom stereocenters. The highest BCUT2D eigenvalue weighted by Gasteiger charge is 2.16. The number of nitrogens with one attached hydrogen (secondary N) is 1. The van der Waals surface area contributed by atoms with Crippen LogP contribution in [0, 0.1) is 0 Å². The van der Waals surface area contributed by atoms with E-state index in [-0.39, 0.29) is 6.61 Å². The molecule has 2 aromatic carbocycles. The maximum absolute atomic E-state index is 11.9. The molecule has 114 valence electrons. The zero-order valence-corrected chi connectivity index (χ0v) is 12.4. The summed E-state index contributed by atoms with van der Waals surface area (Å²) in [5, 5.41) is 2.69. The minimum absolute atomic E-state index is 0.181. The Balaban J connectivity index is 1.78. The van der Waals surface area contributed by atoms with Gasteiger partial charge < -0.3 is 10.1 Å². The summed E-state index contributed by atoms with van der Waals surface area (Å²) < 4.78 is 5.33. The molecular formula is C17H18N2O3. The van der Waals surface area contributed by atoms with Crippen LogP contribution in [0.5, 0.6) is 5.75 Å². The first-order valence-electron chi connectivity index (χ1n) is 6.93. The maximum atomic E-state index is 11.9. The normalized spacial score (nSPS) is 9.86. The Morgan fingerprint density at radius 1 is 1.00 bits per heavy atom. The average molecular weight is 298 g/mol. The van der Waals surface area contributed by atoms with E-state index in [0.29, 0.717) is 12.3 Å². The number of amides is 3. The number of nitrogens with zero attached hydrogens (tertiary/aromatic N) is 1. The first-order valence-corrected chi connectivity index (χ1v) is 6.93. The van der Waals surface area contributed by atoms with E-state index in [1.54, 1.807) is 12.1 Å². The van der Waals surface area contributed by atoms with Crippen LogP contribution in [-0.4, -0.2) is 30.5 Å². The minimum atomic E-state index is -0.453. The Hall–Kier alpha value is -2.82. The molecule has 0 spiro atoms. The van der Waals surface area contributed by atoms with Crippen LogP contribution in [0.15, 0.2) is 60.7 Å². The van der Waals surface area contributed by atoms with Crippen molar-refractivity contribution in [3.05, 3.63) is 66.2 Å². The van der Waals surface area contributed by atoms with Crippen molar-refractivity contribution < 1.29 is 14.3 Å². The summed E-state index contributed by atoms with van der Waals surface area (Å²) in [7, 11) is 1.43. The second-order valence-corrected chi connectivity index (χ2v) is 4.70. The molecule has 2 aromatic rings. The second-order valence-electron chi connectivity index (χ2n) is 4.70. The molecule has 0 aliphatic carbocycles. The average Bonchev–Trinajstić information content (AvgIpc) is 2.58. The summed E-state index contributed by atoms with van der Waals surface area (Å²) in [5.41, 5.74) is 0.970. The van der Waals surface area contributed by atoms with Crippen molar-refractivity contribution in [2.75, 3.05) is 13.7 Å². The van der Waals surface area contributed by atoms with Crippen molar-refractivity contribution in [1.82, 2.24) is 10.2 Å². The lowest BCUT2D eigenvalue weighted by Gasteiger charge is -2.16. The lowest BCUT2D eigenvalue weighted by atomic mass is 10.2. The molecule has 0 bridgehead atoms. The van der Waals surface area contributed by atoms with E-state index < -0.39 is 11.9 Å². The summed E-state index contributed by atoms with van der Waals surface area (Å²) in [4.78, 5) is 24.8. The molecule has 1 N–H and O–H groups in total. The number of likely N-dealkylation sites (N-methyl/N-ethyl adjacent to an activating group) is 1. The fraction of sp³-hybridized carbons (Fsp3) is 0.176. The van der Waals surface area contributed by atoms with Gasteiger partial charge in [-0.15, -0.1) is 0 Å². The van der Waals surface area contributed by atoms with Gasteiger partial charge in [0.25, 0.3) is 5.91 Å². The summed E-state index contributed by atoms with van der Waals surface area (Å²) in [6, 6.07) is 18.0. The highest BCUT2D eigenvalue weighted by atomic mass is 16.5. The van der Waals surface area contributed by atoms with Crippen molar-refractivity contribution in [3.8, 4) is 5.75 Å². The Morgan fingerprint density at radius 3 is 2.23 bits per heavy atom. The van der Waals surface area contributed by atoms with E-state index in [9.17, 15) is 9.59 Å². The summed E-state index contributed by atoms with van der Waals surface area (Å²) >= 11 is 0. The maximum Gasteiger partial charge on any atom is 0.324 e. The van der Waals surface area contributed by atoms with Crippen molar-refractivity contribution in [2.45, 2.75) is 6.54 Å². The number of carbonyl (C=O) groups is 2. The molecule has 0 aromatic heterocycles. The lowest BCUT2D eigenvalue weighted by Crippen LogP contribution is -2.42. The van der Waals surface area contributed by atoms with Gasteiger partial charge in [-0.25, -0.2) is 4.79 Å². The number of benzene rings is 2. The monoisotopic (exact) mass is 298 g/mol. The van der Waals surface area contributed by atoms with Crippen molar-refractivity contribution in [3.63, 3.8) is 0 Å². The first kappa shape index (κ1) is 15.6. The smallest absolute Gasteiger partial charge is 0.324 e. The molecule has 2 rings (SSSR count). The number of carbonyl (C=O) groups excluding carboxylic acids is 2. The van der Waals surface area contributed by atoms with Crippen molar-refractivity contribution >= 4 is 11.9 Å². The predicted octanol–water partition coefficient (Wildman–Crippen LogP) is 2.43. The summed E-state index contributed by atoms with van der Waals surface area (Å²) in [6.45, 7) is 0.191. The van der Waals surface area contributed by atoms with E-state index in [0.717, 1.165) is 10.5 Å². The number of hydrogen-bond donors (Lipinski definition) is 1. The molecular weight excluding hydrogens is 280 g/mol. The second kappa shape index (κ2) is 7.83. The molecule has 3 amide bonds. The SMILES string of the molecule is CN(C(=O)COc1ccccc1)C(=O)NCc1ccccc1. The van der Waals surface area contributed by atoms with Crippen LogP contribution < -0.4 is 10.1 Å². The molecule has 0 aliphatic heterocycles. The number of rotatable bonds is 5. The lowest BCUT2D eigenvalue weighted by molar-refractivity contribution is -0.129. The van der Waals surface area contributed by atoms with Crippen LogP contribution in [0.2, 0.25) is 0 Å². The van der Waals surface area contributed by atoms with Gasteiger partial charge in [-0.1, -0.05) is 48.5 Å². The van der Waals surface area contributed by atoms with Crippen LogP contribution >= 0.6 is 0 Å². The van der Waals surface area contributed by atoms with E-state index in [2.05, 4.69) is 5.32 Å². The molecule has 0 radical (unpaired) electrons. The molecule has 0 saturated heterocycles. The minimum Gasteiger partial charge on any atom is -0.484 e. The molecule has 0 fully saturated rings. The van der Waals surface area contributed by atoms with Gasteiger partial charge in [0, 0.05) is 13.6 Å². The number of imide groups is 1. The highest BCUT2D eigenvalue weighted by Crippen LogP contribution is 2.08. The van der Waals surface area contributed by atoms with Crippen molar-refractivity contribution in [1.29, 1.82) is 0 Å². The number of urea groups is 1. The van der Waals surface area contributed by atoms with Gasteiger partial charge in [0.15, 0.2) is 6.61 Å². The Kier molecular flexibility index (Phi) is 5.54. The molecule has 5 heteroatoms. The van der Waals surface area contributed by atoms with Crippen LogP contribution in [0.25, 0.3) is 0 Å². The van der Waals surface area contributed by atoms with Gasteiger partial charge in [0.1, 0.15) is 5.75 Å². The summed E-state index contributed by atoms with van der Waals surface area (Å²) in [6.07, 6.45) is 0. The highest BCUT2D eigenvalue weighted by molar-refractivity contribution is 5.94. The fourth-order valence-electron chi connectivity index (χ4n) is 1.76. The third-order valence-electron chi connectivity index (χ3n) is 3.07. The number of para-hydroxylation sites is 1. The third-order valence-corrected chi connectivity index (χ3v) is 3.07. The van der Waals surface area contributed by atoms with Crippen LogP contribution in [0.3, 0.4) is 0 Å². The Morgan fingerprint density at radius 2 is 1.59 bits per heavy atom. The fourth-order valence-corrected chi connectivity index (χ4v) is 1.76. The standard InChI is InChI=1S/C17H18N2O3/c1-19(16(20)13-22-15-10-6-3-7-11-15)17(21)18-12-14-8-4-2-5-9-14/h2-11H,12-13H2,1H3,(H,18,21). The van der Waals surface area contributed by atoms with Crippen LogP contribution in [0.1, 0.15) is 5.56 Å². The molecule has 0 heterocycles. The van der Waals surface area contributed by atoms with E-state index >= 15 is 0 Å².